The van der Waals surface area contributed by atoms with Gasteiger partial charge in [0.25, 0.3) is 0 Å². The molecule has 0 aliphatic carbocycles. The highest BCUT2D eigenvalue weighted by Gasteiger charge is 2.07. The first kappa shape index (κ1) is 16.1. The standard InChI is InChI=1S/C18H17ClN2OS/c19-15-3-1-14(2-4-15)18-6-5-16(23-18)11-21-12-17(22)13-7-9-20-10-8-13/h1-10,17,21-22H,11-12H2. The molecule has 0 aliphatic rings. The number of thiophene rings is 1. The smallest absolute Gasteiger partial charge is 0.0915 e. The predicted octanol–water partition coefficient (Wildman–Crippen LogP) is 4.29. The topological polar surface area (TPSA) is 45.1 Å². The van der Waals surface area contributed by atoms with Gasteiger partial charge in [-0.15, -0.1) is 11.3 Å². The third kappa shape index (κ3) is 4.39. The van der Waals surface area contributed by atoms with E-state index in [2.05, 4.69) is 22.4 Å². The molecule has 0 fully saturated rings. The van der Waals surface area contributed by atoms with Crippen LogP contribution >= 0.6 is 22.9 Å². The van der Waals surface area contributed by atoms with Crippen LogP contribution in [0.4, 0.5) is 0 Å². The Morgan fingerprint density at radius 1 is 1.04 bits per heavy atom. The fourth-order valence-corrected chi connectivity index (χ4v) is 3.39. The Labute approximate surface area is 144 Å². The van der Waals surface area contributed by atoms with Gasteiger partial charge in [0.2, 0.25) is 0 Å². The summed E-state index contributed by atoms with van der Waals surface area (Å²) in [6, 6.07) is 15.7. The third-order valence-electron chi connectivity index (χ3n) is 3.52. The van der Waals surface area contributed by atoms with E-state index < -0.39 is 6.10 Å². The van der Waals surface area contributed by atoms with Crippen molar-refractivity contribution in [3.05, 3.63) is 76.4 Å². The van der Waals surface area contributed by atoms with E-state index in [-0.39, 0.29) is 0 Å². The summed E-state index contributed by atoms with van der Waals surface area (Å²) in [6.07, 6.45) is 2.86. The zero-order valence-electron chi connectivity index (χ0n) is 12.4. The van der Waals surface area contributed by atoms with E-state index in [4.69, 9.17) is 11.6 Å². The van der Waals surface area contributed by atoms with Crippen molar-refractivity contribution in [2.24, 2.45) is 0 Å². The second-order valence-electron chi connectivity index (χ2n) is 5.20. The summed E-state index contributed by atoms with van der Waals surface area (Å²) in [5.41, 5.74) is 2.04. The number of nitrogens with zero attached hydrogens (tertiary/aromatic N) is 1. The molecule has 0 aliphatic heterocycles. The summed E-state index contributed by atoms with van der Waals surface area (Å²) in [5, 5.41) is 14.1. The van der Waals surface area contributed by atoms with Crippen LogP contribution in [0.25, 0.3) is 10.4 Å². The molecule has 1 atom stereocenters. The molecule has 118 valence electrons. The lowest BCUT2D eigenvalue weighted by Crippen LogP contribution is -2.20. The Kier molecular flexibility index (Phi) is 5.41. The highest BCUT2D eigenvalue weighted by Crippen LogP contribution is 2.29. The van der Waals surface area contributed by atoms with E-state index in [0.717, 1.165) is 17.1 Å². The number of aliphatic hydroxyl groups is 1. The zero-order valence-corrected chi connectivity index (χ0v) is 14.0. The molecule has 0 spiro atoms. The zero-order chi connectivity index (χ0) is 16.1. The van der Waals surface area contributed by atoms with Gasteiger partial charge in [-0.25, -0.2) is 0 Å². The molecule has 0 bridgehead atoms. The molecule has 0 radical (unpaired) electrons. The fourth-order valence-electron chi connectivity index (χ4n) is 2.28. The molecule has 5 heteroatoms. The van der Waals surface area contributed by atoms with Gasteiger partial charge in [0.15, 0.2) is 0 Å². The van der Waals surface area contributed by atoms with Crippen molar-refractivity contribution in [1.29, 1.82) is 0 Å². The number of hydrogen-bond acceptors (Lipinski definition) is 4. The Morgan fingerprint density at radius 3 is 2.52 bits per heavy atom. The average molecular weight is 345 g/mol. The van der Waals surface area contributed by atoms with Crippen LogP contribution in [0.3, 0.4) is 0 Å². The maximum Gasteiger partial charge on any atom is 0.0915 e. The molecule has 23 heavy (non-hydrogen) atoms. The van der Waals surface area contributed by atoms with Crippen LogP contribution in [0, 0.1) is 0 Å². The summed E-state index contributed by atoms with van der Waals surface area (Å²) in [6.45, 7) is 1.25. The molecule has 2 aromatic heterocycles. The lowest BCUT2D eigenvalue weighted by Gasteiger charge is -2.11. The summed E-state index contributed by atoms with van der Waals surface area (Å²) in [4.78, 5) is 6.40. The predicted molar refractivity (Wildman–Crippen MR) is 95.7 cm³/mol. The van der Waals surface area contributed by atoms with Gasteiger partial charge in [-0.2, -0.15) is 0 Å². The van der Waals surface area contributed by atoms with Crippen LogP contribution in [0.15, 0.2) is 60.9 Å². The first-order chi connectivity index (χ1) is 11.2. The van der Waals surface area contributed by atoms with Crippen molar-refractivity contribution in [3.8, 4) is 10.4 Å². The molecule has 3 nitrogen and oxygen atoms in total. The van der Waals surface area contributed by atoms with E-state index in [1.807, 2.05) is 36.4 Å². The fraction of sp³-hybridized carbons (Fsp3) is 0.167. The molecular formula is C18H17ClN2OS. The van der Waals surface area contributed by atoms with Crippen molar-refractivity contribution in [2.45, 2.75) is 12.6 Å². The molecule has 2 N–H and O–H groups in total. The summed E-state index contributed by atoms with van der Waals surface area (Å²) >= 11 is 7.66. The molecule has 1 unspecified atom stereocenters. The number of rotatable bonds is 6. The van der Waals surface area contributed by atoms with Gasteiger partial charge in [0, 0.05) is 40.3 Å². The van der Waals surface area contributed by atoms with E-state index >= 15 is 0 Å². The van der Waals surface area contributed by atoms with Crippen LogP contribution in [0.1, 0.15) is 16.5 Å². The van der Waals surface area contributed by atoms with E-state index in [1.54, 1.807) is 23.7 Å². The highest BCUT2D eigenvalue weighted by atomic mass is 35.5. The minimum Gasteiger partial charge on any atom is -0.387 e. The Bertz CT molecular complexity index is 743. The molecule has 0 amide bonds. The maximum atomic E-state index is 10.1. The van der Waals surface area contributed by atoms with Crippen LogP contribution < -0.4 is 5.32 Å². The second-order valence-corrected chi connectivity index (χ2v) is 6.80. The first-order valence-electron chi connectivity index (χ1n) is 7.36. The number of aliphatic hydroxyl groups excluding tert-OH is 1. The van der Waals surface area contributed by atoms with Crippen molar-refractivity contribution in [2.75, 3.05) is 6.54 Å². The summed E-state index contributed by atoms with van der Waals surface area (Å²) in [5.74, 6) is 0. The minimum absolute atomic E-state index is 0.512. The quantitative estimate of drug-likeness (QED) is 0.701. The van der Waals surface area contributed by atoms with E-state index in [9.17, 15) is 5.11 Å². The van der Waals surface area contributed by atoms with Crippen LogP contribution in [-0.2, 0) is 6.54 Å². The number of nitrogens with one attached hydrogen (secondary N) is 1. The Balaban J connectivity index is 1.54. The molecule has 1 aromatic carbocycles. The van der Waals surface area contributed by atoms with Gasteiger partial charge in [0.05, 0.1) is 6.10 Å². The monoisotopic (exact) mass is 344 g/mol. The van der Waals surface area contributed by atoms with Gasteiger partial charge in [-0.3, -0.25) is 4.98 Å². The Hall–Kier alpha value is -1.72. The van der Waals surface area contributed by atoms with Crippen molar-refractivity contribution < 1.29 is 5.11 Å². The second kappa shape index (κ2) is 7.70. The normalized spacial score (nSPS) is 12.3. The highest BCUT2D eigenvalue weighted by molar-refractivity contribution is 7.15. The first-order valence-corrected chi connectivity index (χ1v) is 8.55. The number of hydrogen-bond donors (Lipinski definition) is 2. The largest absolute Gasteiger partial charge is 0.387 e. The third-order valence-corrected chi connectivity index (χ3v) is 4.90. The average Bonchev–Trinajstić information content (AvgIpc) is 3.05. The van der Waals surface area contributed by atoms with Crippen LogP contribution in [0.5, 0.6) is 0 Å². The van der Waals surface area contributed by atoms with Gasteiger partial charge in [-0.05, 0) is 47.5 Å². The molecule has 3 aromatic rings. The van der Waals surface area contributed by atoms with Gasteiger partial charge in [0.1, 0.15) is 0 Å². The summed E-state index contributed by atoms with van der Waals surface area (Å²) in [7, 11) is 0. The molecular weight excluding hydrogens is 328 g/mol. The lowest BCUT2D eigenvalue weighted by atomic mass is 10.1. The van der Waals surface area contributed by atoms with E-state index in [0.29, 0.717) is 6.54 Å². The minimum atomic E-state index is -0.520. The number of pyridine rings is 1. The van der Waals surface area contributed by atoms with Crippen molar-refractivity contribution in [3.63, 3.8) is 0 Å². The number of halogens is 1. The number of aromatic nitrogens is 1. The molecule has 3 rings (SSSR count). The molecule has 0 saturated carbocycles. The SMILES string of the molecule is OC(CNCc1ccc(-c2ccc(Cl)cc2)s1)c1ccncc1. The summed E-state index contributed by atoms with van der Waals surface area (Å²) < 4.78 is 0. The van der Waals surface area contributed by atoms with Crippen LogP contribution in [0.2, 0.25) is 5.02 Å². The maximum absolute atomic E-state index is 10.1. The van der Waals surface area contributed by atoms with E-state index in [1.165, 1.54) is 15.3 Å². The van der Waals surface area contributed by atoms with Gasteiger partial charge in [-0.1, -0.05) is 23.7 Å². The van der Waals surface area contributed by atoms with Crippen molar-refractivity contribution >= 4 is 22.9 Å². The van der Waals surface area contributed by atoms with Gasteiger partial charge < -0.3 is 10.4 Å². The van der Waals surface area contributed by atoms with Crippen molar-refractivity contribution in [1.82, 2.24) is 10.3 Å². The number of benzene rings is 1. The van der Waals surface area contributed by atoms with Gasteiger partial charge >= 0.3 is 0 Å². The lowest BCUT2D eigenvalue weighted by molar-refractivity contribution is 0.174. The molecule has 2 heterocycles. The Morgan fingerprint density at radius 2 is 1.78 bits per heavy atom. The molecule has 0 saturated heterocycles. The van der Waals surface area contributed by atoms with Crippen LogP contribution in [-0.4, -0.2) is 16.6 Å².